The highest BCUT2D eigenvalue weighted by Gasteiger charge is 2.34. The van der Waals surface area contributed by atoms with E-state index in [2.05, 4.69) is 10.3 Å². The van der Waals surface area contributed by atoms with Crippen LogP contribution in [0.3, 0.4) is 0 Å². The number of hydrogen-bond acceptors (Lipinski definition) is 2. The Bertz CT molecular complexity index is 965. The first-order valence-corrected chi connectivity index (χ1v) is 8.89. The molecular formula is C20H18ClN3O2. The van der Waals surface area contributed by atoms with Crippen LogP contribution in [0.5, 0.6) is 0 Å². The minimum atomic E-state index is -0.626. The number of carbonyl (C=O) groups excluding carboxylic acids is 2. The van der Waals surface area contributed by atoms with Crippen LogP contribution >= 0.6 is 11.6 Å². The number of fused-ring (bicyclic) bond motifs is 1. The molecule has 26 heavy (non-hydrogen) atoms. The normalized spacial score (nSPS) is 17.3. The zero-order valence-corrected chi connectivity index (χ0v) is 14.8. The van der Waals surface area contributed by atoms with E-state index in [0.717, 1.165) is 22.0 Å². The maximum absolute atomic E-state index is 13.0. The Morgan fingerprint density at radius 1 is 1.15 bits per heavy atom. The lowest BCUT2D eigenvalue weighted by Crippen LogP contribution is -2.52. The van der Waals surface area contributed by atoms with E-state index in [4.69, 9.17) is 11.6 Å². The van der Waals surface area contributed by atoms with Gasteiger partial charge in [-0.3, -0.25) is 9.59 Å². The lowest BCUT2D eigenvalue weighted by atomic mass is 10.0. The first-order valence-electron chi connectivity index (χ1n) is 8.51. The third kappa shape index (κ3) is 3.06. The van der Waals surface area contributed by atoms with E-state index in [0.29, 0.717) is 18.1 Å². The molecule has 0 radical (unpaired) electrons. The Morgan fingerprint density at radius 3 is 2.73 bits per heavy atom. The van der Waals surface area contributed by atoms with Crippen LogP contribution in [0.1, 0.15) is 17.2 Å². The molecule has 1 atom stereocenters. The van der Waals surface area contributed by atoms with E-state index in [1.165, 1.54) is 0 Å². The van der Waals surface area contributed by atoms with Gasteiger partial charge in [-0.1, -0.05) is 41.9 Å². The van der Waals surface area contributed by atoms with Gasteiger partial charge in [0.1, 0.15) is 6.04 Å². The number of hydrogen-bond donors (Lipinski definition) is 2. The second-order valence-electron chi connectivity index (χ2n) is 6.37. The summed E-state index contributed by atoms with van der Waals surface area (Å²) in [6, 6.07) is 14.3. The molecule has 6 heteroatoms. The summed E-state index contributed by atoms with van der Waals surface area (Å²) in [6.07, 6.45) is 2.12. The van der Waals surface area contributed by atoms with Crippen LogP contribution in [0, 0.1) is 0 Å². The van der Waals surface area contributed by atoms with E-state index < -0.39 is 6.04 Å². The summed E-state index contributed by atoms with van der Waals surface area (Å²) in [4.78, 5) is 30.3. The van der Waals surface area contributed by atoms with E-state index in [9.17, 15) is 9.59 Å². The fraction of sp³-hybridized carbons (Fsp3) is 0.200. The van der Waals surface area contributed by atoms with Crippen molar-refractivity contribution in [2.45, 2.75) is 12.5 Å². The highest BCUT2D eigenvalue weighted by molar-refractivity contribution is 6.30. The summed E-state index contributed by atoms with van der Waals surface area (Å²) < 4.78 is 0. The Hall–Kier alpha value is -2.79. The second-order valence-corrected chi connectivity index (χ2v) is 6.80. The van der Waals surface area contributed by atoms with Crippen molar-refractivity contribution in [3.8, 4) is 0 Å². The molecule has 1 aliphatic heterocycles. The molecule has 4 rings (SSSR count). The summed E-state index contributed by atoms with van der Waals surface area (Å²) >= 11 is 5.95. The van der Waals surface area contributed by atoms with Gasteiger partial charge in [0.25, 0.3) is 0 Å². The number of para-hydroxylation sites is 1. The van der Waals surface area contributed by atoms with Gasteiger partial charge in [0.2, 0.25) is 11.8 Å². The van der Waals surface area contributed by atoms with Gasteiger partial charge in [-0.15, -0.1) is 0 Å². The second kappa shape index (κ2) is 6.84. The van der Waals surface area contributed by atoms with Gasteiger partial charge in [0.05, 0.1) is 6.42 Å². The van der Waals surface area contributed by atoms with Gasteiger partial charge in [0.15, 0.2) is 0 Å². The van der Waals surface area contributed by atoms with E-state index >= 15 is 0 Å². The van der Waals surface area contributed by atoms with Gasteiger partial charge >= 0.3 is 0 Å². The Kier molecular flexibility index (Phi) is 4.39. The summed E-state index contributed by atoms with van der Waals surface area (Å²) in [6.45, 7) is 0.947. The van der Waals surface area contributed by atoms with Crippen molar-refractivity contribution in [2.24, 2.45) is 0 Å². The van der Waals surface area contributed by atoms with Gasteiger partial charge in [-0.2, -0.15) is 0 Å². The number of aromatic nitrogens is 1. The number of aromatic amines is 1. The van der Waals surface area contributed by atoms with Crippen LogP contribution < -0.4 is 5.32 Å². The summed E-state index contributed by atoms with van der Waals surface area (Å²) in [5.41, 5.74) is 2.70. The molecule has 1 aromatic heterocycles. The maximum Gasteiger partial charge on any atom is 0.247 e. The van der Waals surface area contributed by atoms with Gasteiger partial charge in [0, 0.05) is 35.2 Å². The largest absolute Gasteiger partial charge is 0.361 e. The lowest BCUT2D eigenvalue weighted by molar-refractivity contribution is -0.143. The first-order chi connectivity index (χ1) is 12.6. The van der Waals surface area contributed by atoms with Crippen molar-refractivity contribution in [1.29, 1.82) is 0 Å². The van der Waals surface area contributed by atoms with Crippen molar-refractivity contribution in [2.75, 3.05) is 13.1 Å². The predicted octanol–water partition coefficient (Wildman–Crippen LogP) is 3.06. The Balaban J connectivity index is 1.62. The fourth-order valence-electron chi connectivity index (χ4n) is 3.45. The molecule has 0 aliphatic carbocycles. The summed E-state index contributed by atoms with van der Waals surface area (Å²) in [5, 5.41) is 4.48. The lowest BCUT2D eigenvalue weighted by Gasteiger charge is -2.35. The molecule has 1 unspecified atom stereocenters. The monoisotopic (exact) mass is 367 g/mol. The third-order valence-corrected chi connectivity index (χ3v) is 4.99. The standard InChI is InChI=1S/C20H18ClN3O2/c21-15-7-5-13(6-8-15)19-20(26)22-9-10-24(19)18(25)11-14-12-23-17-4-2-1-3-16(14)17/h1-8,12,19,23H,9-11H2,(H,22,26). The molecule has 2 N–H and O–H groups in total. The van der Waals surface area contributed by atoms with Crippen molar-refractivity contribution in [3.05, 3.63) is 70.9 Å². The zero-order chi connectivity index (χ0) is 18.1. The molecular weight excluding hydrogens is 350 g/mol. The van der Waals surface area contributed by atoms with Crippen LogP contribution in [0.4, 0.5) is 0 Å². The zero-order valence-electron chi connectivity index (χ0n) is 14.0. The highest BCUT2D eigenvalue weighted by Crippen LogP contribution is 2.26. The average Bonchev–Trinajstić information content (AvgIpc) is 3.05. The molecule has 2 amide bonds. The highest BCUT2D eigenvalue weighted by atomic mass is 35.5. The molecule has 0 spiro atoms. The van der Waals surface area contributed by atoms with Crippen LogP contribution in [0.15, 0.2) is 54.7 Å². The maximum atomic E-state index is 13.0. The van der Waals surface area contributed by atoms with Crippen LogP contribution in [0.2, 0.25) is 5.02 Å². The van der Waals surface area contributed by atoms with Crippen molar-refractivity contribution < 1.29 is 9.59 Å². The molecule has 1 saturated heterocycles. The number of nitrogens with zero attached hydrogens (tertiary/aromatic N) is 1. The topological polar surface area (TPSA) is 65.2 Å². The van der Waals surface area contributed by atoms with Crippen LogP contribution in [-0.4, -0.2) is 34.8 Å². The van der Waals surface area contributed by atoms with Gasteiger partial charge in [-0.05, 0) is 29.3 Å². The molecule has 2 aromatic carbocycles. The average molecular weight is 368 g/mol. The van der Waals surface area contributed by atoms with Gasteiger partial charge in [-0.25, -0.2) is 0 Å². The summed E-state index contributed by atoms with van der Waals surface area (Å²) in [7, 11) is 0. The number of carbonyl (C=O) groups is 2. The Labute approximate surface area is 155 Å². The predicted molar refractivity (Wildman–Crippen MR) is 101 cm³/mol. The molecule has 3 aromatic rings. The third-order valence-electron chi connectivity index (χ3n) is 4.73. The van der Waals surface area contributed by atoms with Gasteiger partial charge < -0.3 is 15.2 Å². The van der Waals surface area contributed by atoms with Crippen molar-refractivity contribution in [3.63, 3.8) is 0 Å². The fourth-order valence-corrected chi connectivity index (χ4v) is 3.58. The first kappa shape index (κ1) is 16.7. The molecule has 0 saturated carbocycles. The minimum Gasteiger partial charge on any atom is -0.361 e. The number of halogens is 1. The molecule has 0 bridgehead atoms. The SMILES string of the molecule is O=C1NCCN(C(=O)Cc2c[nH]c3ccccc23)C1c1ccc(Cl)cc1. The smallest absolute Gasteiger partial charge is 0.247 e. The molecule has 2 heterocycles. The number of rotatable bonds is 3. The van der Waals surface area contributed by atoms with Crippen LogP contribution in [-0.2, 0) is 16.0 Å². The number of piperazine rings is 1. The summed E-state index contributed by atoms with van der Waals surface area (Å²) in [5.74, 6) is -0.226. The number of benzene rings is 2. The van der Waals surface area contributed by atoms with Crippen molar-refractivity contribution in [1.82, 2.24) is 15.2 Å². The quantitative estimate of drug-likeness (QED) is 0.747. The molecule has 132 valence electrons. The number of H-pyrrole nitrogens is 1. The van der Waals surface area contributed by atoms with E-state index in [-0.39, 0.29) is 18.2 Å². The molecule has 5 nitrogen and oxygen atoms in total. The van der Waals surface area contributed by atoms with Crippen molar-refractivity contribution >= 4 is 34.3 Å². The van der Waals surface area contributed by atoms with E-state index in [1.807, 2.05) is 30.5 Å². The Morgan fingerprint density at radius 2 is 1.92 bits per heavy atom. The van der Waals surface area contributed by atoms with E-state index in [1.54, 1.807) is 29.2 Å². The number of amides is 2. The van der Waals surface area contributed by atoms with Crippen LogP contribution in [0.25, 0.3) is 10.9 Å². The number of nitrogens with one attached hydrogen (secondary N) is 2. The minimum absolute atomic E-state index is 0.0652. The molecule has 1 aliphatic rings. The molecule has 1 fully saturated rings.